The molecule has 0 aromatic carbocycles. The van der Waals surface area contributed by atoms with E-state index in [2.05, 4.69) is 10.6 Å². The number of aliphatic hydroxyl groups is 19. The number of allylic oxidation sites excluding steroid dienone is 12. The number of carbonyl (C=O) groups is 2. The van der Waals surface area contributed by atoms with Gasteiger partial charge >= 0.3 is 5.97 Å². The number of ether oxygens (including phenoxy) is 5. The molecule has 4 rings (SSSR count). The van der Waals surface area contributed by atoms with Gasteiger partial charge in [-0.05, 0) is 33.1 Å². The Labute approximate surface area is 505 Å². The Balaban J connectivity index is 1.70. The normalized spacial score (nSPS) is 43.9. The molecule has 3 saturated heterocycles. The highest BCUT2D eigenvalue weighted by molar-refractivity contribution is 5.80. The summed E-state index contributed by atoms with van der Waals surface area (Å²) in [6.07, 6.45) is -14.6. The van der Waals surface area contributed by atoms with Crippen molar-refractivity contribution in [2.24, 2.45) is 17.8 Å². The predicted molar refractivity (Wildman–Crippen MR) is 306 cm³/mol. The van der Waals surface area contributed by atoms with Crippen molar-refractivity contribution in [3.63, 3.8) is 0 Å². The largest absolute Gasteiger partial charge is 0.462 e. The molecule has 4 aliphatic heterocycles. The summed E-state index contributed by atoms with van der Waals surface area (Å²) < 4.78 is 29.1. The van der Waals surface area contributed by atoms with E-state index in [0.29, 0.717) is 0 Å². The van der Waals surface area contributed by atoms with Crippen LogP contribution >= 0.6 is 0 Å². The molecule has 0 aromatic rings. The molecule has 0 spiro atoms. The number of esters is 1. The molecule has 0 radical (unpaired) electrons. The number of amides is 1. The molecule has 28 heteroatoms. The molecular weight excluding hydrogens is 1150 g/mol. The molecule has 3 fully saturated rings. The van der Waals surface area contributed by atoms with Gasteiger partial charge in [0.2, 0.25) is 11.7 Å². The minimum absolute atomic E-state index is 0.192. The fourth-order valence-electron chi connectivity index (χ4n) is 10.5. The Kier molecular flexibility index (Phi) is 31.5. The van der Waals surface area contributed by atoms with Crippen molar-refractivity contribution in [1.82, 2.24) is 10.6 Å². The van der Waals surface area contributed by atoms with Crippen LogP contribution in [0.25, 0.3) is 0 Å². The van der Waals surface area contributed by atoms with Crippen LogP contribution in [0.2, 0.25) is 0 Å². The van der Waals surface area contributed by atoms with Gasteiger partial charge in [0.1, 0.15) is 48.8 Å². The molecule has 4 heterocycles. The molecule has 27 atom stereocenters. The van der Waals surface area contributed by atoms with E-state index in [9.17, 15) is 107 Å². The van der Waals surface area contributed by atoms with E-state index >= 15 is 0 Å². The third kappa shape index (κ3) is 23.4. The van der Waals surface area contributed by atoms with E-state index in [0.717, 1.165) is 0 Å². The highest BCUT2D eigenvalue weighted by Gasteiger charge is 2.53. The fraction of sp³-hybridized carbons (Fsp3) is 0.729. The highest BCUT2D eigenvalue weighted by atomic mass is 16.7. The van der Waals surface area contributed by atoms with Gasteiger partial charge in [0.25, 0.3) is 0 Å². The zero-order chi connectivity index (χ0) is 64.9. The first-order chi connectivity index (χ1) is 40.9. The quantitative estimate of drug-likeness (QED) is 0.0811. The van der Waals surface area contributed by atoms with E-state index in [-0.39, 0.29) is 25.2 Å². The van der Waals surface area contributed by atoms with Crippen molar-refractivity contribution in [1.29, 1.82) is 0 Å². The van der Waals surface area contributed by atoms with Crippen LogP contribution in [0.15, 0.2) is 85.1 Å². The van der Waals surface area contributed by atoms with E-state index in [1.807, 2.05) is 0 Å². The molecule has 498 valence electrons. The second-order valence-electron chi connectivity index (χ2n) is 23.3. The number of carbonyl (C=O) groups excluding carboxylic acids is 2. The molecule has 28 nitrogen and oxygen atoms in total. The van der Waals surface area contributed by atoms with Crippen LogP contribution in [0.1, 0.15) is 79.1 Å². The molecule has 87 heavy (non-hydrogen) atoms. The van der Waals surface area contributed by atoms with Gasteiger partial charge in [0.05, 0.1) is 111 Å². The number of hydrogen-bond donors (Lipinski definition) is 21. The highest BCUT2D eigenvalue weighted by Crippen LogP contribution is 2.39. The molecule has 7 unspecified atom stereocenters. The average molecular weight is 1250 g/mol. The number of cyclic esters (lactones) is 1. The molecule has 1 amide bonds. The summed E-state index contributed by atoms with van der Waals surface area (Å²) in [5.41, 5.74) is 0. The predicted octanol–water partition coefficient (Wildman–Crippen LogP) is -5.39. The summed E-state index contributed by atoms with van der Waals surface area (Å²) in [6, 6.07) is -1.44. The Morgan fingerprint density at radius 2 is 1.23 bits per heavy atom. The third-order valence-corrected chi connectivity index (χ3v) is 16.1. The van der Waals surface area contributed by atoms with Crippen LogP contribution in [-0.4, -0.2) is 281 Å². The van der Waals surface area contributed by atoms with Gasteiger partial charge in [0, 0.05) is 44.1 Å². The minimum Gasteiger partial charge on any atom is -0.462 e. The number of fused-ring (bicyclic) bond motifs is 2. The Morgan fingerprint density at radius 3 is 1.84 bits per heavy atom. The van der Waals surface area contributed by atoms with Gasteiger partial charge < -0.3 is 131 Å². The first-order valence-corrected chi connectivity index (χ1v) is 29.4. The topological polar surface area (TPSA) is 489 Å². The number of hydrogen-bond acceptors (Lipinski definition) is 27. The van der Waals surface area contributed by atoms with Gasteiger partial charge in [-0.25, -0.2) is 0 Å². The monoisotopic (exact) mass is 1250 g/mol. The standard InChI is InChI=1S/C59H96N2O26/c1-31-17-15-13-11-9-7-5-6-8-10-12-14-16-18-38(86-57-54(78)48(50(74)34(4)85-57)61-30-59(82)55(79)53(77)44(71)29-83-59)24-45-47(56(80)60-27-42(69)51(75)52(76)43(70)28-62)41(68)26-58(81,87-45)25-37(65)22-40(67)39(66)20-19-35(63)21-36(64)23-46(72)84-33(3)32(2)49(31)73/h5-18,31-45,47-55,57,61-71,73-79,81-82H,19-30H2,1-4H3,(H,60,80)/b6-5+,9-7+,10-8+,13-11+,14-12+,17-15-,18-16+/t31-,32?,33-,34+,35+,36+,37-,38-,39-,40+,41-,42?,43?,44+,45?,47?,48-,49+,50+,51?,52?,53-,54-,55-,57-,58+,59+/m0/s1. The van der Waals surface area contributed by atoms with E-state index in [1.54, 1.807) is 93.7 Å². The van der Waals surface area contributed by atoms with Crippen molar-refractivity contribution in [2.45, 2.75) is 225 Å². The summed E-state index contributed by atoms with van der Waals surface area (Å²) >= 11 is 0. The first-order valence-electron chi connectivity index (χ1n) is 29.4. The molecule has 2 bridgehead atoms. The van der Waals surface area contributed by atoms with E-state index in [4.69, 9.17) is 23.7 Å². The number of rotatable bonds is 12. The van der Waals surface area contributed by atoms with Crippen molar-refractivity contribution in [3.8, 4) is 0 Å². The third-order valence-electron chi connectivity index (χ3n) is 16.1. The second-order valence-corrected chi connectivity index (χ2v) is 23.3. The van der Waals surface area contributed by atoms with Crippen LogP contribution in [-0.2, 0) is 33.3 Å². The maximum Gasteiger partial charge on any atom is 0.308 e. The van der Waals surface area contributed by atoms with Gasteiger partial charge in [-0.2, -0.15) is 0 Å². The van der Waals surface area contributed by atoms with Gasteiger partial charge in [-0.3, -0.25) is 9.59 Å². The summed E-state index contributed by atoms with van der Waals surface area (Å²) in [5, 5.41) is 210. The second kappa shape index (κ2) is 36.3. The van der Waals surface area contributed by atoms with E-state index < -0.39 is 228 Å². The van der Waals surface area contributed by atoms with Crippen LogP contribution in [0.4, 0.5) is 0 Å². The van der Waals surface area contributed by atoms with Crippen molar-refractivity contribution in [3.05, 3.63) is 85.1 Å². The zero-order valence-electron chi connectivity index (χ0n) is 49.4. The molecular formula is C59H96N2O26. The fourth-order valence-corrected chi connectivity index (χ4v) is 10.5. The number of nitrogens with one attached hydrogen (secondary N) is 2. The van der Waals surface area contributed by atoms with Crippen LogP contribution in [0, 0.1) is 17.8 Å². The average Bonchev–Trinajstić information content (AvgIpc) is 1.34. The summed E-state index contributed by atoms with van der Waals surface area (Å²) in [5.74, 6) is -9.49. The maximum absolute atomic E-state index is 14.2. The molecule has 0 aliphatic carbocycles. The molecule has 21 N–H and O–H groups in total. The first kappa shape index (κ1) is 75.6. The maximum atomic E-state index is 14.2. The van der Waals surface area contributed by atoms with Crippen molar-refractivity contribution < 1.29 is 130 Å². The summed E-state index contributed by atoms with van der Waals surface area (Å²) in [6.45, 7) is 3.39. The Morgan fingerprint density at radius 1 is 0.644 bits per heavy atom. The molecule has 0 aromatic heterocycles. The van der Waals surface area contributed by atoms with Gasteiger partial charge in [-0.1, -0.05) is 98.9 Å². The Bertz CT molecular complexity index is 2270. The van der Waals surface area contributed by atoms with E-state index in [1.165, 1.54) is 19.1 Å². The number of aliphatic hydroxyl groups excluding tert-OH is 17. The van der Waals surface area contributed by atoms with Crippen LogP contribution in [0.3, 0.4) is 0 Å². The lowest BCUT2D eigenvalue weighted by Crippen LogP contribution is -2.69. The minimum atomic E-state index is -2.54. The van der Waals surface area contributed by atoms with Gasteiger partial charge in [0.15, 0.2) is 12.1 Å². The lowest BCUT2D eigenvalue weighted by atomic mass is 9.82. The van der Waals surface area contributed by atoms with Crippen molar-refractivity contribution in [2.75, 3.05) is 26.3 Å². The lowest BCUT2D eigenvalue weighted by molar-refractivity contribution is -0.323. The smallest absolute Gasteiger partial charge is 0.308 e. The van der Waals surface area contributed by atoms with Gasteiger partial charge in [-0.15, -0.1) is 0 Å². The van der Waals surface area contributed by atoms with Crippen LogP contribution < -0.4 is 10.6 Å². The lowest BCUT2D eigenvalue weighted by Gasteiger charge is -2.47. The van der Waals surface area contributed by atoms with Crippen LogP contribution in [0.5, 0.6) is 0 Å². The molecule has 4 aliphatic rings. The molecule has 0 saturated carbocycles. The summed E-state index contributed by atoms with van der Waals surface area (Å²) in [7, 11) is 0. The summed E-state index contributed by atoms with van der Waals surface area (Å²) in [4.78, 5) is 26.9. The van der Waals surface area contributed by atoms with Crippen molar-refractivity contribution >= 4 is 11.9 Å². The Hall–Kier alpha value is -3.84. The zero-order valence-corrected chi connectivity index (χ0v) is 49.4. The SMILES string of the molecule is CC1[C@H](C)OC(=O)C[C@H](O)C[C@H](O)CC[C@H](O)[C@H](O)C[C@H](O)C[C@]2(O)C[C@H](O)C(C(=O)NCC(O)C(O)C(O)C(O)CO)C(C[C@@H](O[C@@H]3O[C@H](C)[C@@H](O)[C@H](NC[C@@]4(O)OC[C@@H](O)[C@H](O)[C@@H]4O)[C@@H]3O)/C=C/C=C/C=C/C=C/C=C/C=C/C=C\[C@H](C)[C@H]1O)O2.